The molecule has 12 heavy (non-hydrogen) atoms. The highest BCUT2D eigenvalue weighted by Crippen LogP contribution is 2.25. The maximum Gasteiger partial charge on any atom is 0.0688 e. The Labute approximate surface area is 74.6 Å². The van der Waals surface area contributed by atoms with E-state index in [1.807, 2.05) is 25.1 Å². The first kappa shape index (κ1) is 7.71. The lowest BCUT2D eigenvalue weighted by Crippen LogP contribution is -1.84. The number of nitrogens with zero attached hydrogens (tertiary/aromatic N) is 1. The Balaban J connectivity index is 2.84. The fourth-order valence-corrected chi connectivity index (χ4v) is 2.19. The van der Waals surface area contributed by atoms with Gasteiger partial charge in [-0.2, -0.15) is 4.37 Å². The lowest BCUT2D eigenvalue weighted by atomic mass is 10.1. The summed E-state index contributed by atoms with van der Waals surface area (Å²) in [5, 5.41) is 10.2. The summed E-state index contributed by atoms with van der Waals surface area (Å²) in [5.41, 5.74) is 1.98. The van der Waals surface area contributed by atoms with Crippen LogP contribution in [-0.2, 0) is 6.61 Å². The summed E-state index contributed by atoms with van der Waals surface area (Å²) in [6.45, 7) is 2.06. The van der Waals surface area contributed by atoms with Crippen molar-refractivity contribution in [3.63, 3.8) is 0 Å². The fraction of sp³-hybridized carbons (Fsp3) is 0.222. The Bertz CT molecular complexity index is 408. The van der Waals surface area contributed by atoms with Gasteiger partial charge in [0.15, 0.2) is 0 Å². The molecule has 0 fully saturated rings. The van der Waals surface area contributed by atoms with Crippen LogP contribution in [0.5, 0.6) is 0 Å². The van der Waals surface area contributed by atoms with Gasteiger partial charge in [-0.05, 0) is 30.1 Å². The number of aliphatic hydroxyl groups is 1. The zero-order chi connectivity index (χ0) is 8.55. The summed E-state index contributed by atoms with van der Waals surface area (Å²) in [7, 11) is 0. The molecule has 62 valence electrons. The third-order valence-electron chi connectivity index (χ3n) is 1.93. The van der Waals surface area contributed by atoms with Gasteiger partial charge in [-0.1, -0.05) is 12.1 Å². The van der Waals surface area contributed by atoms with Crippen LogP contribution in [0.3, 0.4) is 0 Å². The smallest absolute Gasteiger partial charge is 0.0688 e. The van der Waals surface area contributed by atoms with Crippen LogP contribution in [0.4, 0.5) is 0 Å². The summed E-state index contributed by atoms with van der Waals surface area (Å²) in [6, 6.07) is 5.91. The van der Waals surface area contributed by atoms with Crippen molar-refractivity contribution >= 4 is 21.6 Å². The quantitative estimate of drug-likeness (QED) is 0.727. The summed E-state index contributed by atoms with van der Waals surface area (Å²) in [4.78, 5) is 0. The van der Waals surface area contributed by atoms with Crippen molar-refractivity contribution < 1.29 is 5.11 Å². The van der Waals surface area contributed by atoms with Gasteiger partial charge in [0.25, 0.3) is 0 Å². The third-order valence-corrected chi connectivity index (χ3v) is 2.83. The van der Waals surface area contributed by atoms with Crippen molar-refractivity contribution in [1.29, 1.82) is 0 Å². The van der Waals surface area contributed by atoms with E-state index in [2.05, 4.69) is 4.37 Å². The van der Waals surface area contributed by atoms with Gasteiger partial charge in [-0.25, -0.2) is 0 Å². The predicted molar refractivity (Wildman–Crippen MR) is 50.3 cm³/mol. The molecule has 0 spiro atoms. The number of aryl methyl sites for hydroxylation is 1. The van der Waals surface area contributed by atoms with Crippen LogP contribution >= 0.6 is 11.5 Å². The average Bonchev–Trinajstić information content (AvgIpc) is 2.48. The maximum atomic E-state index is 9.06. The summed E-state index contributed by atoms with van der Waals surface area (Å²) < 4.78 is 5.39. The second-order valence-electron chi connectivity index (χ2n) is 2.72. The van der Waals surface area contributed by atoms with E-state index in [4.69, 9.17) is 5.11 Å². The first-order valence-corrected chi connectivity index (χ1v) is 4.55. The predicted octanol–water partition coefficient (Wildman–Crippen LogP) is 2.10. The number of benzene rings is 1. The molecule has 3 heteroatoms. The Morgan fingerprint density at radius 3 is 3.08 bits per heavy atom. The van der Waals surface area contributed by atoms with E-state index >= 15 is 0 Å². The molecular formula is C9H9NOS. The van der Waals surface area contributed by atoms with Crippen LogP contribution in [0.1, 0.15) is 11.3 Å². The molecule has 2 aromatic rings. The zero-order valence-electron chi connectivity index (χ0n) is 6.74. The monoisotopic (exact) mass is 179 g/mol. The molecular weight excluding hydrogens is 170 g/mol. The summed E-state index contributed by atoms with van der Waals surface area (Å²) >= 11 is 1.48. The van der Waals surface area contributed by atoms with Gasteiger partial charge in [-0.15, -0.1) is 0 Å². The van der Waals surface area contributed by atoms with E-state index in [0.717, 1.165) is 21.3 Å². The minimum atomic E-state index is 0.0938. The largest absolute Gasteiger partial charge is 0.392 e. The van der Waals surface area contributed by atoms with Crippen LogP contribution in [-0.4, -0.2) is 9.48 Å². The molecule has 0 aliphatic heterocycles. The highest BCUT2D eigenvalue weighted by atomic mass is 32.1. The number of aromatic nitrogens is 1. The van der Waals surface area contributed by atoms with Crippen LogP contribution < -0.4 is 0 Å². The number of rotatable bonds is 1. The van der Waals surface area contributed by atoms with E-state index in [1.165, 1.54) is 11.5 Å². The fourth-order valence-electron chi connectivity index (χ4n) is 1.36. The highest BCUT2D eigenvalue weighted by molar-refractivity contribution is 7.13. The van der Waals surface area contributed by atoms with Crippen LogP contribution in [0, 0.1) is 6.92 Å². The molecule has 1 N–H and O–H groups in total. The zero-order valence-corrected chi connectivity index (χ0v) is 7.56. The van der Waals surface area contributed by atoms with Crippen molar-refractivity contribution in [2.24, 2.45) is 0 Å². The molecule has 2 rings (SSSR count). The Morgan fingerprint density at radius 2 is 2.33 bits per heavy atom. The number of fused-ring (bicyclic) bond motifs is 1. The van der Waals surface area contributed by atoms with Crippen molar-refractivity contribution in [1.82, 2.24) is 4.37 Å². The van der Waals surface area contributed by atoms with E-state index in [0.29, 0.717) is 0 Å². The Kier molecular flexibility index (Phi) is 1.83. The summed E-state index contributed by atoms with van der Waals surface area (Å²) in [5.74, 6) is 0. The molecule has 1 heterocycles. The van der Waals surface area contributed by atoms with E-state index < -0.39 is 0 Å². The molecule has 1 aromatic carbocycles. The van der Waals surface area contributed by atoms with Gasteiger partial charge >= 0.3 is 0 Å². The van der Waals surface area contributed by atoms with Gasteiger partial charge in [0.05, 0.1) is 17.0 Å². The molecule has 0 aliphatic carbocycles. The lowest BCUT2D eigenvalue weighted by molar-refractivity contribution is 0.283. The topological polar surface area (TPSA) is 33.1 Å². The standard InChI is InChI=1S/C9H9NOS/c1-6-9-7(5-11)3-2-4-8(9)12-10-6/h2-4,11H,5H2,1H3. The minimum Gasteiger partial charge on any atom is -0.392 e. The molecule has 0 unspecified atom stereocenters. The van der Waals surface area contributed by atoms with Gasteiger partial charge in [-0.3, -0.25) is 0 Å². The Hall–Kier alpha value is -0.930. The van der Waals surface area contributed by atoms with Crippen LogP contribution in [0.2, 0.25) is 0 Å². The number of hydrogen-bond acceptors (Lipinski definition) is 3. The third kappa shape index (κ3) is 1.02. The van der Waals surface area contributed by atoms with Gasteiger partial charge < -0.3 is 5.11 Å². The Morgan fingerprint density at radius 1 is 1.50 bits per heavy atom. The van der Waals surface area contributed by atoms with E-state index in [9.17, 15) is 0 Å². The van der Waals surface area contributed by atoms with Crippen molar-refractivity contribution in [3.05, 3.63) is 29.5 Å². The van der Waals surface area contributed by atoms with Gasteiger partial charge in [0.1, 0.15) is 0 Å². The maximum absolute atomic E-state index is 9.06. The first-order valence-electron chi connectivity index (χ1n) is 3.77. The molecule has 0 atom stereocenters. The summed E-state index contributed by atoms with van der Waals surface area (Å²) in [6.07, 6.45) is 0. The highest BCUT2D eigenvalue weighted by Gasteiger charge is 2.05. The second kappa shape index (κ2) is 2.84. The first-order chi connectivity index (χ1) is 5.83. The molecule has 0 aliphatic rings. The number of aliphatic hydroxyl groups excluding tert-OH is 1. The molecule has 0 saturated carbocycles. The average molecular weight is 179 g/mol. The van der Waals surface area contributed by atoms with Crippen LogP contribution in [0.15, 0.2) is 18.2 Å². The molecule has 0 saturated heterocycles. The van der Waals surface area contributed by atoms with Crippen molar-refractivity contribution in [3.8, 4) is 0 Å². The molecule has 1 aromatic heterocycles. The minimum absolute atomic E-state index is 0.0938. The van der Waals surface area contributed by atoms with Crippen LogP contribution in [0.25, 0.3) is 10.1 Å². The van der Waals surface area contributed by atoms with Gasteiger partial charge in [0.2, 0.25) is 0 Å². The lowest BCUT2D eigenvalue weighted by Gasteiger charge is -1.97. The second-order valence-corrected chi connectivity index (χ2v) is 3.52. The molecule has 0 radical (unpaired) electrons. The number of hydrogen-bond donors (Lipinski definition) is 1. The van der Waals surface area contributed by atoms with Gasteiger partial charge in [0, 0.05) is 5.39 Å². The molecule has 0 amide bonds. The van der Waals surface area contributed by atoms with E-state index in [-0.39, 0.29) is 6.61 Å². The van der Waals surface area contributed by atoms with Crippen molar-refractivity contribution in [2.45, 2.75) is 13.5 Å². The van der Waals surface area contributed by atoms with Crippen molar-refractivity contribution in [2.75, 3.05) is 0 Å². The molecule has 0 bridgehead atoms. The normalized spacial score (nSPS) is 10.8. The molecule has 2 nitrogen and oxygen atoms in total. The van der Waals surface area contributed by atoms with E-state index in [1.54, 1.807) is 0 Å². The SMILES string of the molecule is Cc1nsc2cccc(CO)c12.